The van der Waals surface area contributed by atoms with Gasteiger partial charge in [0, 0.05) is 6.54 Å². The van der Waals surface area contributed by atoms with E-state index in [9.17, 15) is 0 Å². The van der Waals surface area contributed by atoms with E-state index < -0.39 is 0 Å². The van der Waals surface area contributed by atoms with Gasteiger partial charge < -0.3 is 24.3 Å². The summed E-state index contributed by atoms with van der Waals surface area (Å²) in [6.45, 7) is 5.72. The molecule has 0 heterocycles. The molecule has 0 unspecified atom stereocenters. The van der Waals surface area contributed by atoms with Crippen molar-refractivity contribution in [2.75, 3.05) is 34.5 Å². The van der Waals surface area contributed by atoms with Crippen LogP contribution in [0.2, 0.25) is 0 Å². The number of benzene rings is 2. The van der Waals surface area contributed by atoms with Crippen LogP contribution in [0.1, 0.15) is 11.1 Å². The van der Waals surface area contributed by atoms with Crippen LogP contribution in [-0.4, -0.2) is 34.5 Å². The van der Waals surface area contributed by atoms with Crippen molar-refractivity contribution in [3.05, 3.63) is 60.2 Å². The summed E-state index contributed by atoms with van der Waals surface area (Å²) >= 11 is 0. The van der Waals surface area contributed by atoms with E-state index in [0.717, 1.165) is 48.1 Å². The highest BCUT2D eigenvalue weighted by Crippen LogP contribution is 2.28. The lowest BCUT2D eigenvalue weighted by Crippen LogP contribution is -2.16. The van der Waals surface area contributed by atoms with E-state index in [2.05, 4.69) is 18.0 Å². The minimum atomic E-state index is 0. The summed E-state index contributed by atoms with van der Waals surface area (Å²) in [5.41, 5.74) is 2.33. The maximum atomic E-state index is 5.57. The number of hydrogen-bond acceptors (Lipinski definition) is 5. The third-order valence-electron chi connectivity index (χ3n) is 3.95. The lowest BCUT2D eigenvalue weighted by Gasteiger charge is -2.12. The van der Waals surface area contributed by atoms with Crippen LogP contribution in [0.5, 0.6) is 23.0 Å². The molecule has 0 bridgehead atoms. The first kappa shape index (κ1) is 22.7. The number of ether oxygens (including phenoxy) is 4. The third kappa shape index (κ3) is 6.70. The fourth-order valence-corrected chi connectivity index (χ4v) is 2.59. The van der Waals surface area contributed by atoms with Crippen LogP contribution < -0.4 is 24.3 Å². The first-order chi connectivity index (χ1) is 12.7. The van der Waals surface area contributed by atoms with E-state index in [-0.39, 0.29) is 12.4 Å². The maximum Gasteiger partial charge on any atom is 0.161 e. The van der Waals surface area contributed by atoms with Crippen molar-refractivity contribution in [1.82, 2.24) is 5.32 Å². The van der Waals surface area contributed by atoms with Gasteiger partial charge in [0.05, 0.1) is 21.3 Å². The SMILES string of the molecule is C=CCOc1ccc(CNCCc2ccc(OC)c(OC)c2)cc1OC.Cl. The lowest BCUT2D eigenvalue weighted by molar-refractivity contribution is 0.326. The van der Waals surface area contributed by atoms with Crippen LogP contribution in [-0.2, 0) is 13.0 Å². The molecule has 0 aliphatic carbocycles. The molecule has 5 nitrogen and oxygen atoms in total. The predicted molar refractivity (Wildman–Crippen MR) is 111 cm³/mol. The summed E-state index contributed by atoms with van der Waals surface area (Å²) < 4.78 is 21.6. The molecule has 0 saturated heterocycles. The molecule has 2 rings (SSSR count). The minimum absolute atomic E-state index is 0. The zero-order valence-corrected chi connectivity index (χ0v) is 16.9. The Morgan fingerprint density at radius 3 is 2.11 bits per heavy atom. The van der Waals surface area contributed by atoms with Crippen molar-refractivity contribution in [2.45, 2.75) is 13.0 Å². The Hall–Kier alpha value is -2.37. The van der Waals surface area contributed by atoms with Gasteiger partial charge in [0.2, 0.25) is 0 Å². The summed E-state index contributed by atoms with van der Waals surface area (Å²) in [5.74, 6) is 2.95. The molecule has 6 heteroatoms. The standard InChI is InChI=1S/C21H27NO4.ClH/c1-5-12-26-19-9-7-17(14-21(19)25-4)15-22-11-10-16-6-8-18(23-2)20(13-16)24-3;/h5-9,13-14,22H,1,10-12,15H2,2-4H3;1H. The van der Waals surface area contributed by atoms with Gasteiger partial charge >= 0.3 is 0 Å². The van der Waals surface area contributed by atoms with Crippen LogP contribution >= 0.6 is 12.4 Å². The van der Waals surface area contributed by atoms with Gasteiger partial charge in [-0.2, -0.15) is 0 Å². The molecule has 0 aromatic heterocycles. The van der Waals surface area contributed by atoms with E-state index in [1.165, 1.54) is 5.56 Å². The number of rotatable bonds is 11. The Kier molecular flexibility index (Phi) is 10.2. The first-order valence-corrected chi connectivity index (χ1v) is 8.54. The van der Waals surface area contributed by atoms with Crippen molar-refractivity contribution in [2.24, 2.45) is 0 Å². The average molecular weight is 394 g/mol. The van der Waals surface area contributed by atoms with E-state index in [4.69, 9.17) is 18.9 Å². The second kappa shape index (κ2) is 12.1. The first-order valence-electron chi connectivity index (χ1n) is 8.54. The predicted octanol–water partition coefficient (Wildman–Crippen LogP) is 4.03. The second-order valence-corrected chi connectivity index (χ2v) is 5.70. The highest BCUT2D eigenvalue weighted by molar-refractivity contribution is 5.85. The molecule has 148 valence electrons. The molecule has 1 N–H and O–H groups in total. The molecule has 0 fully saturated rings. The molecular formula is C21H28ClNO4. The highest BCUT2D eigenvalue weighted by atomic mass is 35.5. The molecule has 0 aliphatic rings. The summed E-state index contributed by atoms with van der Waals surface area (Å²) in [7, 11) is 4.93. The van der Waals surface area contributed by atoms with Gasteiger partial charge in [0.1, 0.15) is 6.61 Å². The van der Waals surface area contributed by atoms with E-state index >= 15 is 0 Å². The molecule has 0 atom stereocenters. The lowest BCUT2D eigenvalue weighted by atomic mass is 10.1. The van der Waals surface area contributed by atoms with Crippen LogP contribution in [0.4, 0.5) is 0 Å². The molecular weight excluding hydrogens is 366 g/mol. The molecule has 0 aliphatic heterocycles. The summed E-state index contributed by atoms with van der Waals surface area (Å²) in [4.78, 5) is 0. The topological polar surface area (TPSA) is 49.0 Å². The van der Waals surface area contributed by atoms with Crippen LogP contribution in [0, 0.1) is 0 Å². The van der Waals surface area contributed by atoms with Gasteiger partial charge in [-0.3, -0.25) is 0 Å². The van der Waals surface area contributed by atoms with Gasteiger partial charge in [-0.05, 0) is 48.4 Å². The largest absolute Gasteiger partial charge is 0.493 e. The average Bonchev–Trinajstić information content (AvgIpc) is 2.69. The van der Waals surface area contributed by atoms with Crippen molar-refractivity contribution in [1.29, 1.82) is 0 Å². The van der Waals surface area contributed by atoms with Crippen molar-refractivity contribution < 1.29 is 18.9 Å². The molecule has 0 saturated carbocycles. The fourth-order valence-electron chi connectivity index (χ4n) is 2.59. The number of halogens is 1. The fraction of sp³-hybridized carbons (Fsp3) is 0.333. The Balaban J connectivity index is 0.00000364. The van der Waals surface area contributed by atoms with E-state index in [0.29, 0.717) is 6.61 Å². The Morgan fingerprint density at radius 1 is 0.852 bits per heavy atom. The second-order valence-electron chi connectivity index (χ2n) is 5.70. The van der Waals surface area contributed by atoms with Gasteiger partial charge in [0.15, 0.2) is 23.0 Å². The molecule has 0 spiro atoms. The van der Waals surface area contributed by atoms with Crippen molar-refractivity contribution in [3.8, 4) is 23.0 Å². The van der Waals surface area contributed by atoms with E-state index in [1.54, 1.807) is 27.4 Å². The molecule has 2 aromatic carbocycles. The number of hydrogen-bond donors (Lipinski definition) is 1. The van der Waals surface area contributed by atoms with Gasteiger partial charge in [0.25, 0.3) is 0 Å². The van der Waals surface area contributed by atoms with Gasteiger partial charge in [-0.15, -0.1) is 12.4 Å². The Bertz CT molecular complexity index is 721. The summed E-state index contributed by atoms with van der Waals surface area (Å²) in [6.07, 6.45) is 2.61. The quantitative estimate of drug-likeness (QED) is 0.461. The van der Waals surface area contributed by atoms with E-state index in [1.807, 2.05) is 30.3 Å². The molecule has 0 amide bonds. The summed E-state index contributed by atoms with van der Waals surface area (Å²) in [6, 6.07) is 11.9. The minimum Gasteiger partial charge on any atom is -0.493 e. The van der Waals surface area contributed by atoms with Gasteiger partial charge in [-0.25, -0.2) is 0 Å². The Morgan fingerprint density at radius 2 is 1.44 bits per heavy atom. The Labute approximate surface area is 167 Å². The molecule has 0 radical (unpaired) electrons. The monoisotopic (exact) mass is 393 g/mol. The summed E-state index contributed by atoms with van der Waals surface area (Å²) in [5, 5.41) is 3.45. The number of methoxy groups -OCH3 is 3. The zero-order valence-electron chi connectivity index (χ0n) is 16.1. The van der Waals surface area contributed by atoms with Crippen molar-refractivity contribution in [3.63, 3.8) is 0 Å². The zero-order chi connectivity index (χ0) is 18.8. The third-order valence-corrected chi connectivity index (χ3v) is 3.95. The number of nitrogens with one attached hydrogen (secondary N) is 1. The van der Waals surface area contributed by atoms with Crippen LogP contribution in [0.3, 0.4) is 0 Å². The molecule has 2 aromatic rings. The van der Waals surface area contributed by atoms with Crippen molar-refractivity contribution >= 4 is 12.4 Å². The van der Waals surface area contributed by atoms with Crippen LogP contribution in [0.15, 0.2) is 49.1 Å². The van der Waals surface area contributed by atoms with Crippen LogP contribution in [0.25, 0.3) is 0 Å². The van der Waals surface area contributed by atoms with Gasteiger partial charge in [-0.1, -0.05) is 24.8 Å². The normalized spacial score (nSPS) is 9.89. The molecule has 27 heavy (non-hydrogen) atoms. The smallest absolute Gasteiger partial charge is 0.161 e. The highest BCUT2D eigenvalue weighted by Gasteiger charge is 2.06. The maximum absolute atomic E-state index is 5.57.